The average Bonchev–Trinajstić information content (AvgIpc) is 3.59. The number of nitrogens with zero attached hydrogens (tertiary/aromatic N) is 1. The number of phenolic OH excluding ortho intramolecular Hbond substituents is 2. The Morgan fingerprint density at radius 1 is 0.743 bits per heavy atom. The Labute approximate surface area is 421 Å². The highest BCUT2D eigenvalue weighted by Gasteiger charge is 2.47. The van der Waals surface area contributed by atoms with Gasteiger partial charge in [0.2, 0.25) is 0 Å². The van der Waals surface area contributed by atoms with Gasteiger partial charge >= 0.3 is 11.9 Å². The predicted molar refractivity (Wildman–Crippen MR) is 277 cm³/mol. The number of amides is 1. The van der Waals surface area contributed by atoms with E-state index >= 15 is 0 Å². The number of allylic oxidation sites excluding steroid dienone is 8. The minimum atomic E-state index is -1.33. The van der Waals surface area contributed by atoms with Gasteiger partial charge in [0.05, 0.1) is 30.2 Å². The fraction of sp³-hybridized carbons (Fsp3) is 0.564. The zero-order chi connectivity index (χ0) is 51.8. The van der Waals surface area contributed by atoms with Crippen LogP contribution in [0.3, 0.4) is 0 Å². The smallest absolute Gasteiger partial charge is 0.327 e. The van der Waals surface area contributed by atoms with Crippen LogP contribution in [0.15, 0.2) is 58.7 Å². The first-order chi connectivity index (χ1) is 32.9. The van der Waals surface area contributed by atoms with Crippen molar-refractivity contribution in [2.45, 2.75) is 176 Å². The van der Waals surface area contributed by atoms with Crippen LogP contribution in [-0.4, -0.2) is 100 Å². The Morgan fingerprint density at radius 2 is 1.24 bits per heavy atom. The van der Waals surface area contributed by atoms with E-state index < -0.39 is 64.9 Å². The zero-order valence-electron chi connectivity index (χ0n) is 42.6. The number of benzene rings is 2. The van der Waals surface area contributed by atoms with Gasteiger partial charge in [-0.15, -0.1) is 0 Å². The number of hydrogen-bond donors (Lipinski definition) is 6. The molecule has 0 saturated carbocycles. The first-order valence-corrected chi connectivity index (χ1v) is 27.0. The molecule has 70 heavy (non-hydrogen) atoms. The minimum absolute atomic E-state index is 0.0753. The van der Waals surface area contributed by atoms with Crippen LogP contribution in [0.25, 0.3) is 0 Å². The van der Waals surface area contributed by atoms with E-state index in [0.29, 0.717) is 60.1 Å². The van der Waals surface area contributed by atoms with Crippen LogP contribution >= 0.6 is 21.6 Å². The summed E-state index contributed by atoms with van der Waals surface area (Å²) in [6.07, 6.45) is 13.3. The number of carbonyl (C=O) groups excluding carboxylic acids is 2. The summed E-state index contributed by atoms with van der Waals surface area (Å²) >= 11 is 0. The monoisotopic (exact) mass is 1010 g/mol. The molecule has 5 rings (SSSR count). The van der Waals surface area contributed by atoms with Crippen LogP contribution in [0, 0.1) is 11.8 Å². The van der Waals surface area contributed by atoms with Gasteiger partial charge in [-0.2, -0.15) is 0 Å². The minimum Gasteiger partial charge on any atom is -0.508 e. The van der Waals surface area contributed by atoms with E-state index in [-0.39, 0.29) is 59.3 Å². The summed E-state index contributed by atoms with van der Waals surface area (Å²) in [6.45, 7) is 19.3. The van der Waals surface area contributed by atoms with E-state index in [4.69, 9.17) is 9.47 Å². The van der Waals surface area contributed by atoms with Crippen molar-refractivity contribution in [1.82, 2.24) is 4.90 Å². The average molecular weight is 1010 g/mol. The third-order valence-electron chi connectivity index (χ3n) is 14.2. The Bertz CT molecular complexity index is 2410. The number of fused-ring (bicyclic) bond motifs is 4. The van der Waals surface area contributed by atoms with Crippen molar-refractivity contribution in [1.29, 1.82) is 0 Å². The standard InChI is InChI=1S/C55H75NO12S2/c1-11-36-37(24-44(57)39-26-46(59)54(9,67-49(36)39)22-14-20-33(6)18-12-16-31(2)3)48(61)35(8)42(52(63)64)29-69-70-30-43(53(65)66)56-28-41-38(51(56)62)25-45(58)40-27-47(60)55(10,68-50(40)41)23-15-21-34(7)19-13-17-32(4)5/h16-17,20-21,24-25,35,42-43,46-47,57-60H,11-15,18-19,22-23,26-30H2,1-10H3,(H,63,64)(H,65,66)/b33-20+,34-21+/t35-,42?,43?,46?,47?,54?,55?/m0/s1. The molecule has 0 aromatic heterocycles. The maximum atomic E-state index is 14.3. The molecule has 3 aliphatic heterocycles. The molecule has 0 bridgehead atoms. The number of aliphatic carboxylic acids is 2. The molecule has 0 aliphatic carbocycles. The van der Waals surface area contributed by atoms with Gasteiger partial charge in [-0.25, -0.2) is 4.79 Å². The molecule has 15 heteroatoms. The van der Waals surface area contributed by atoms with Gasteiger partial charge in [-0.3, -0.25) is 14.4 Å². The van der Waals surface area contributed by atoms with E-state index in [2.05, 4.69) is 65.8 Å². The number of aromatic hydroxyl groups is 2. The molecule has 2 aromatic rings. The van der Waals surface area contributed by atoms with Crippen LogP contribution in [0.4, 0.5) is 0 Å². The molecule has 384 valence electrons. The van der Waals surface area contributed by atoms with Gasteiger partial charge in [0.1, 0.15) is 40.2 Å². The lowest BCUT2D eigenvalue weighted by atomic mass is 9.81. The molecule has 1 amide bonds. The summed E-state index contributed by atoms with van der Waals surface area (Å²) in [6, 6.07) is 1.31. The maximum absolute atomic E-state index is 14.3. The molecule has 0 radical (unpaired) electrons. The van der Waals surface area contributed by atoms with E-state index in [1.165, 1.54) is 46.2 Å². The topological polar surface area (TPSA) is 211 Å². The largest absolute Gasteiger partial charge is 0.508 e. The second-order valence-corrected chi connectivity index (χ2v) is 22.9. The molecule has 6 N–H and O–H groups in total. The lowest BCUT2D eigenvalue weighted by Gasteiger charge is -2.41. The molecular formula is C55H75NO12S2. The summed E-state index contributed by atoms with van der Waals surface area (Å²) in [4.78, 5) is 55.0. The van der Waals surface area contributed by atoms with Gasteiger partial charge in [0.15, 0.2) is 5.78 Å². The number of phenols is 2. The zero-order valence-corrected chi connectivity index (χ0v) is 44.3. The summed E-state index contributed by atoms with van der Waals surface area (Å²) in [5.41, 5.74) is 4.90. The van der Waals surface area contributed by atoms with Gasteiger partial charge in [-0.1, -0.05) is 82.0 Å². The number of ketones is 1. The Balaban J connectivity index is 1.25. The van der Waals surface area contributed by atoms with E-state index in [9.17, 15) is 49.8 Å². The molecule has 7 atom stereocenters. The quantitative estimate of drug-likeness (QED) is 0.0250. The number of ether oxygens (including phenoxy) is 2. The number of carboxylic acids is 2. The highest BCUT2D eigenvalue weighted by molar-refractivity contribution is 8.76. The fourth-order valence-corrected chi connectivity index (χ4v) is 12.1. The van der Waals surface area contributed by atoms with Crippen molar-refractivity contribution in [3.8, 4) is 23.0 Å². The highest BCUT2D eigenvalue weighted by Crippen LogP contribution is 2.48. The van der Waals surface area contributed by atoms with Gasteiger partial charge in [0, 0.05) is 58.1 Å². The lowest BCUT2D eigenvalue weighted by molar-refractivity contribution is -0.142. The van der Waals surface area contributed by atoms with Crippen LogP contribution in [0.1, 0.15) is 164 Å². The summed E-state index contributed by atoms with van der Waals surface area (Å²) in [5, 5.41) is 65.7. The van der Waals surface area contributed by atoms with Crippen LogP contribution < -0.4 is 9.47 Å². The molecule has 3 aliphatic rings. The fourth-order valence-electron chi connectivity index (χ4n) is 9.51. The van der Waals surface area contributed by atoms with Crippen molar-refractivity contribution in [2.24, 2.45) is 11.8 Å². The first-order valence-electron chi connectivity index (χ1n) is 24.6. The molecular weight excluding hydrogens is 931 g/mol. The van der Waals surface area contributed by atoms with E-state index in [0.717, 1.165) is 47.3 Å². The summed E-state index contributed by atoms with van der Waals surface area (Å²) in [5.74, 6) is -5.88. The van der Waals surface area contributed by atoms with Crippen LogP contribution in [-0.2, 0) is 35.4 Å². The number of aliphatic hydroxyl groups excluding tert-OH is 2. The molecule has 0 spiro atoms. The molecule has 13 nitrogen and oxygen atoms in total. The van der Waals surface area contributed by atoms with E-state index in [1.54, 1.807) is 6.92 Å². The van der Waals surface area contributed by atoms with Crippen molar-refractivity contribution in [3.05, 3.63) is 92.1 Å². The molecule has 0 fully saturated rings. The van der Waals surface area contributed by atoms with Gasteiger partial charge in [-0.05, 0) is 125 Å². The van der Waals surface area contributed by atoms with Crippen molar-refractivity contribution in [3.63, 3.8) is 0 Å². The predicted octanol–water partition coefficient (Wildman–Crippen LogP) is 10.7. The first kappa shape index (κ1) is 56.2. The van der Waals surface area contributed by atoms with Crippen LogP contribution in [0.5, 0.6) is 23.0 Å². The van der Waals surface area contributed by atoms with Gasteiger partial charge < -0.3 is 45.0 Å². The number of carboxylic acid groups (broad SMARTS) is 2. The Kier molecular flexibility index (Phi) is 19.4. The number of Topliss-reactive ketones (excluding diaryl/α,β-unsaturated/α-hetero) is 1. The number of carbonyl (C=O) groups is 4. The SMILES string of the molecule is CCc1c(C(=O)[C@@H](C)C(CSSCC(C(=O)O)N2Cc3c(cc(O)c4c3OC(C)(CC/C=C(\C)CCC=C(C)C)C(O)C4)C2=O)C(=O)O)cc(O)c2c1OC(C)(CC/C=C(\C)CCC=C(C)C)C(O)C2. The Morgan fingerprint density at radius 3 is 1.74 bits per heavy atom. The number of aliphatic hydroxyl groups is 2. The second-order valence-electron chi connectivity index (χ2n) is 20.4. The number of rotatable bonds is 24. The highest BCUT2D eigenvalue weighted by atomic mass is 33.1. The molecule has 0 saturated heterocycles. The summed E-state index contributed by atoms with van der Waals surface area (Å²) in [7, 11) is 2.16. The van der Waals surface area contributed by atoms with Crippen molar-refractivity contribution < 1.29 is 59.3 Å². The maximum Gasteiger partial charge on any atom is 0.327 e. The van der Waals surface area contributed by atoms with Gasteiger partial charge in [0.25, 0.3) is 5.91 Å². The second kappa shape index (κ2) is 24.1. The summed E-state index contributed by atoms with van der Waals surface area (Å²) < 4.78 is 13.1. The van der Waals surface area contributed by atoms with E-state index in [1.807, 2.05) is 13.8 Å². The number of hydrogen-bond acceptors (Lipinski definition) is 12. The van der Waals surface area contributed by atoms with Crippen molar-refractivity contribution >= 4 is 45.2 Å². The molecule has 6 unspecified atom stereocenters. The third-order valence-corrected chi connectivity index (χ3v) is 16.7. The molecule has 2 aromatic carbocycles. The lowest BCUT2D eigenvalue weighted by Crippen LogP contribution is -2.49. The normalized spacial score (nSPS) is 22.2. The Hall–Kier alpha value is -4.70. The molecule has 3 heterocycles. The van der Waals surface area contributed by atoms with Crippen LogP contribution in [0.2, 0.25) is 0 Å². The third kappa shape index (κ3) is 13.2. The van der Waals surface area contributed by atoms with Crippen molar-refractivity contribution in [2.75, 3.05) is 11.5 Å².